The van der Waals surface area contributed by atoms with Gasteiger partial charge in [-0.3, -0.25) is 0 Å². The SMILES string of the molecule is c1ccc(-c2nc(-c3ccc4ccccc4c3)nc(-c3cccc4oc5ccc(-c6cccc7oc8c(-c9ccccc9)cccc8c67)cc5c34)n2)cc1. The van der Waals surface area contributed by atoms with E-state index < -0.39 is 0 Å². The van der Waals surface area contributed by atoms with E-state index in [4.69, 9.17) is 23.8 Å². The van der Waals surface area contributed by atoms with Crippen LogP contribution in [0, 0.1) is 0 Å². The summed E-state index contributed by atoms with van der Waals surface area (Å²) in [4.78, 5) is 15.3. The minimum Gasteiger partial charge on any atom is -0.456 e. The third-order valence-electron chi connectivity index (χ3n) is 10.3. The Labute approximate surface area is 309 Å². The van der Waals surface area contributed by atoms with E-state index in [0.29, 0.717) is 17.5 Å². The molecule has 3 heterocycles. The second-order valence-corrected chi connectivity index (χ2v) is 13.6. The van der Waals surface area contributed by atoms with Crippen LogP contribution in [-0.2, 0) is 0 Å². The topological polar surface area (TPSA) is 65.0 Å². The quantitative estimate of drug-likeness (QED) is 0.180. The zero-order valence-corrected chi connectivity index (χ0v) is 28.9. The Balaban J connectivity index is 1.12. The highest BCUT2D eigenvalue weighted by molar-refractivity contribution is 6.17. The van der Waals surface area contributed by atoms with Crippen molar-refractivity contribution in [1.29, 1.82) is 0 Å². The molecule has 0 saturated heterocycles. The van der Waals surface area contributed by atoms with Crippen molar-refractivity contribution >= 4 is 54.6 Å². The van der Waals surface area contributed by atoms with E-state index in [9.17, 15) is 0 Å². The number of furan rings is 2. The van der Waals surface area contributed by atoms with Gasteiger partial charge in [-0.1, -0.05) is 146 Å². The maximum Gasteiger partial charge on any atom is 0.164 e. The first kappa shape index (κ1) is 30.3. The van der Waals surface area contributed by atoms with Gasteiger partial charge in [0.05, 0.1) is 0 Å². The Morgan fingerprint density at radius 3 is 1.74 bits per heavy atom. The highest BCUT2D eigenvalue weighted by atomic mass is 16.3. The fourth-order valence-electron chi connectivity index (χ4n) is 7.78. The number of para-hydroxylation sites is 1. The highest BCUT2D eigenvalue weighted by Gasteiger charge is 2.20. The van der Waals surface area contributed by atoms with Crippen molar-refractivity contribution in [2.75, 3.05) is 0 Å². The molecular formula is C49H29N3O2. The predicted octanol–water partition coefficient (Wildman–Crippen LogP) is 13.2. The third-order valence-corrected chi connectivity index (χ3v) is 10.3. The molecule has 5 heteroatoms. The summed E-state index contributed by atoms with van der Waals surface area (Å²) in [5, 5.41) is 6.41. The molecule has 5 nitrogen and oxygen atoms in total. The fourth-order valence-corrected chi connectivity index (χ4v) is 7.78. The van der Waals surface area contributed by atoms with Crippen LogP contribution in [0.5, 0.6) is 0 Å². The Bertz CT molecular complexity index is 3220. The largest absolute Gasteiger partial charge is 0.456 e. The van der Waals surface area contributed by atoms with Gasteiger partial charge in [-0.25, -0.2) is 15.0 Å². The summed E-state index contributed by atoms with van der Waals surface area (Å²) in [6, 6.07) is 60.4. The van der Waals surface area contributed by atoms with E-state index in [1.165, 1.54) is 5.39 Å². The van der Waals surface area contributed by atoms with Gasteiger partial charge in [0.1, 0.15) is 22.3 Å². The van der Waals surface area contributed by atoms with Crippen LogP contribution in [0.25, 0.3) is 111 Å². The van der Waals surface area contributed by atoms with E-state index >= 15 is 0 Å². The average Bonchev–Trinajstić information content (AvgIpc) is 3.82. The summed E-state index contributed by atoms with van der Waals surface area (Å²) in [5.74, 6) is 1.81. The fraction of sp³-hybridized carbons (Fsp3) is 0. The minimum absolute atomic E-state index is 0.585. The van der Waals surface area contributed by atoms with Crippen LogP contribution < -0.4 is 0 Å². The van der Waals surface area contributed by atoms with Gasteiger partial charge in [-0.15, -0.1) is 0 Å². The van der Waals surface area contributed by atoms with Gasteiger partial charge in [0, 0.05) is 43.8 Å². The van der Waals surface area contributed by atoms with Crippen LogP contribution in [0.2, 0.25) is 0 Å². The molecule has 0 aliphatic heterocycles. The first-order valence-corrected chi connectivity index (χ1v) is 18.0. The molecule has 0 atom stereocenters. The molecule has 11 aromatic rings. The van der Waals surface area contributed by atoms with E-state index in [1.807, 2.05) is 48.5 Å². The average molecular weight is 692 g/mol. The van der Waals surface area contributed by atoms with Crippen molar-refractivity contribution in [3.05, 3.63) is 176 Å². The Kier molecular flexibility index (Phi) is 6.79. The second-order valence-electron chi connectivity index (χ2n) is 13.6. The smallest absolute Gasteiger partial charge is 0.164 e. The highest BCUT2D eigenvalue weighted by Crippen LogP contribution is 2.43. The van der Waals surface area contributed by atoms with Gasteiger partial charge in [-0.05, 0) is 57.8 Å². The monoisotopic (exact) mass is 691 g/mol. The Morgan fingerprint density at radius 1 is 0.315 bits per heavy atom. The standard InChI is InChI=1S/C49H29N3O2/c1-3-13-31(14-4-1)37-19-9-20-38-44-36(18-10-23-43(44)54-46(37)38)34-26-27-41-40(29-34)45-39(21-11-22-42(45)53-41)49-51-47(32-15-5-2-6-16-32)50-48(52-49)35-25-24-30-12-7-8-17-33(30)28-35/h1-29H. The molecule has 0 aliphatic rings. The maximum absolute atomic E-state index is 6.60. The van der Waals surface area contributed by atoms with Crippen molar-refractivity contribution in [3.8, 4) is 56.4 Å². The first-order valence-electron chi connectivity index (χ1n) is 18.0. The van der Waals surface area contributed by atoms with E-state index in [2.05, 4.69) is 127 Å². The lowest BCUT2D eigenvalue weighted by Gasteiger charge is -2.10. The normalized spacial score (nSPS) is 11.7. The van der Waals surface area contributed by atoms with Crippen LogP contribution in [0.4, 0.5) is 0 Å². The van der Waals surface area contributed by atoms with Gasteiger partial charge in [0.25, 0.3) is 0 Å². The Hall–Kier alpha value is -7.37. The van der Waals surface area contributed by atoms with Crippen LogP contribution in [-0.4, -0.2) is 15.0 Å². The number of hydrogen-bond acceptors (Lipinski definition) is 5. The lowest BCUT2D eigenvalue weighted by atomic mass is 9.96. The predicted molar refractivity (Wildman–Crippen MR) is 219 cm³/mol. The summed E-state index contributed by atoms with van der Waals surface area (Å²) < 4.78 is 13.1. The van der Waals surface area contributed by atoms with Crippen LogP contribution in [0.1, 0.15) is 0 Å². The third kappa shape index (κ3) is 4.90. The summed E-state index contributed by atoms with van der Waals surface area (Å²) >= 11 is 0. The second kappa shape index (κ2) is 12.1. The molecule has 0 amide bonds. The van der Waals surface area contributed by atoms with E-state index in [1.54, 1.807) is 0 Å². The summed E-state index contributed by atoms with van der Waals surface area (Å²) in [6.07, 6.45) is 0. The Morgan fingerprint density at radius 2 is 0.926 bits per heavy atom. The maximum atomic E-state index is 6.60. The first-order chi connectivity index (χ1) is 26.7. The molecule has 0 saturated carbocycles. The van der Waals surface area contributed by atoms with Crippen molar-refractivity contribution < 1.29 is 8.83 Å². The molecule has 0 spiro atoms. The number of rotatable bonds is 5. The number of benzene rings is 8. The van der Waals surface area contributed by atoms with E-state index in [-0.39, 0.29) is 0 Å². The van der Waals surface area contributed by atoms with Crippen LogP contribution in [0.15, 0.2) is 185 Å². The molecule has 0 aliphatic carbocycles. The van der Waals surface area contributed by atoms with Gasteiger partial charge >= 0.3 is 0 Å². The summed E-state index contributed by atoms with van der Waals surface area (Å²) in [6.45, 7) is 0. The van der Waals surface area contributed by atoms with Crippen LogP contribution >= 0.6 is 0 Å². The summed E-state index contributed by atoms with van der Waals surface area (Å²) in [5.41, 5.74) is 10.4. The molecule has 54 heavy (non-hydrogen) atoms. The summed E-state index contributed by atoms with van der Waals surface area (Å²) in [7, 11) is 0. The minimum atomic E-state index is 0.585. The molecule has 0 N–H and O–H groups in total. The van der Waals surface area contributed by atoms with Gasteiger partial charge in [0.2, 0.25) is 0 Å². The van der Waals surface area contributed by atoms with Crippen molar-refractivity contribution in [2.45, 2.75) is 0 Å². The van der Waals surface area contributed by atoms with Crippen LogP contribution in [0.3, 0.4) is 0 Å². The molecule has 0 unspecified atom stereocenters. The van der Waals surface area contributed by atoms with Crippen molar-refractivity contribution in [2.24, 2.45) is 0 Å². The zero-order valence-electron chi connectivity index (χ0n) is 28.9. The molecular weight excluding hydrogens is 663 g/mol. The van der Waals surface area contributed by atoms with Gasteiger partial charge in [-0.2, -0.15) is 0 Å². The molecule has 8 aromatic carbocycles. The molecule has 11 rings (SSSR count). The number of nitrogens with zero attached hydrogens (tertiary/aromatic N) is 3. The molecule has 0 fully saturated rings. The molecule has 0 bridgehead atoms. The van der Waals surface area contributed by atoms with Gasteiger partial charge < -0.3 is 8.83 Å². The zero-order chi connectivity index (χ0) is 35.6. The van der Waals surface area contributed by atoms with Gasteiger partial charge in [0.15, 0.2) is 17.5 Å². The molecule has 0 radical (unpaired) electrons. The molecule has 252 valence electrons. The van der Waals surface area contributed by atoms with Crippen molar-refractivity contribution in [1.82, 2.24) is 15.0 Å². The number of fused-ring (bicyclic) bond motifs is 7. The number of aromatic nitrogens is 3. The number of hydrogen-bond donors (Lipinski definition) is 0. The lowest BCUT2D eigenvalue weighted by Crippen LogP contribution is -2.00. The lowest BCUT2D eigenvalue weighted by molar-refractivity contribution is 0.669. The van der Waals surface area contributed by atoms with E-state index in [0.717, 1.165) is 88.2 Å². The molecule has 3 aromatic heterocycles. The van der Waals surface area contributed by atoms with Crippen molar-refractivity contribution in [3.63, 3.8) is 0 Å².